The molecule has 3 aromatic rings. The average Bonchev–Trinajstić information content (AvgIpc) is 3.51. The third-order valence-corrected chi connectivity index (χ3v) is 5.31. The maximum Gasteiger partial charge on any atom is 0.412 e. The van der Waals surface area contributed by atoms with Gasteiger partial charge in [0.1, 0.15) is 17.9 Å². The molecule has 2 aliphatic rings. The van der Waals surface area contributed by atoms with Crippen molar-refractivity contribution >= 4 is 17.7 Å². The summed E-state index contributed by atoms with van der Waals surface area (Å²) in [5.41, 5.74) is 2.47. The SMILES string of the molecule is Cc1ccc(NC(=O)O[C@H]2CO[C@@H]3[C@@H]2OC[C@@H]3Nc2nccc(-c3ccco3)n2)cc1. The largest absolute Gasteiger partial charge is 0.463 e. The molecule has 2 fully saturated rings. The Bertz CT molecular complexity index is 1040. The first kappa shape index (κ1) is 19.5. The number of ether oxygens (including phenoxy) is 3. The summed E-state index contributed by atoms with van der Waals surface area (Å²) >= 11 is 0. The van der Waals surface area contributed by atoms with E-state index >= 15 is 0 Å². The molecule has 4 heterocycles. The first-order valence-corrected chi connectivity index (χ1v) is 10.1. The van der Waals surface area contributed by atoms with Crippen molar-refractivity contribution in [3.8, 4) is 11.5 Å². The van der Waals surface area contributed by atoms with E-state index in [0.29, 0.717) is 29.7 Å². The van der Waals surface area contributed by atoms with E-state index in [0.717, 1.165) is 5.56 Å². The summed E-state index contributed by atoms with van der Waals surface area (Å²) in [6.07, 6.45) is 1.62. The second kappa shape index (κ2) is 8.37. The number of anilines is 2. The molecule has 2 N–H and O–H groups in total. The van der Waals surface area contributed by atoms with Crippen molar-refractivity contribution in [1.29, 1.82) is 0 Å². The molecule has 0 unspecified atom stereocenters. The Labute approximate surface area is 178 Å². The molecule has 5 rings (SSSR count). The molecule has 9 heteroatoms. The van der Waals surface area contributed by atoms with Crippen molar-refractivity contribution in [2.75, 3.05) is 23.8 Å². The molecule has 2 saturated heterocycles. The standard InChI is InChI=1S/C22H22N4O5/c1-13-4-6-14(7-5-13)24-22(27)31-18-12-30-19-16(11-29-20(18)19)26-21-23-9-8-15(25-21)17-3-2-10-28-17/h2-10,16,18-20H,11-12H2,1H3,(H,24,27)(H,23,25,26)/t16-,18-,19-,20+/m0/s1. The lowest BCUT2D eigenvalue weighted by atomic mass is 10.1. The molecule has 0 aliphatic carbocycles. The second-order valence-electron chi connectivity index (χ2n) is 7.52. The Morgan fingerprint density at radius 3 is 2.74 bits per heavy atom. The number of aromatic nitrogens is 2. The van der Waals surface area contributed by atoms with Crippen LogP contribution in [-0.2, 0) is 14.2 Å². The fourth-order valence-electron chi connectivity index (χ4n) is 3.77. The number of carbonyl (C=O) groups excluding carboxylic acids is 1. The summed E-state index contributed by atoms with van der Waals surface area (Å²) in [5, 5.41) is 5.99. The van der Waals surface area contributed by atoms with Gasteiger partial charge in [0.25, 0.3) is 0 Å². The number of benzene rings is 1. The highest BCUT2D eigenvalue weighted by molar-refractivity contribution is 5.84. The van der Waals surface area contributed by atoms with E-state index in [1.807, 2.05) is 37.3 Å². The molecule has 1 amide bonds. The highest BCUT2D eigenvalue weighted by Gasteiger charge is 2.49. The zero-order valence-corrected chi connectivity index (χ0v) is 16.9. The quantitative estimate of drug-likeness (QED) is 0.645. The number of hydrogen-bond acceptors (Lipinski definition) is 8. The highest BCUT2D eigenvalue weighted by atomic mass is 16.6. The van der Waals surface area contributed by atoms with Gasteiger partial charge >= 0.3 is 6.09 Å². The van der Waals surface area contributed by atoms with E-state index in [1.165, 1.54) is 0 Å². The zero-order chi connectivity index (χ0) is 21.2. The summed E-state index contributed by atoms with van der Waals surface area (Å²) in [7, 11) is 0. The summed E-state index contributed by atoms with van der Waals surface area (Å²) < 4.78 is 22.7. The van der Waals surface area contributed by atoms with Crippen molar-refractivity contribution < 1.29 is 23.4 Å². The van der Waals surface area contributed by atoms with Crippen molar-refractivity contribution in [3.05, 3.63) is 60.5 Å². The normalized spacial score (nSPS) is 24.5. The molecule has 9 nitrogen and oxygen atoms in total. The topological polar surface area (TPSA) is 108 Å². The number of nitrogens with one attached hydrogen (secondary N) is 2. The van der Waals surface area contributed by atoms with Crippen LogP contribution in [0.2, 0.25) is 0 Å². The minimum Gasteiger partial charge on any atom is -0.463 e. The first-order chi connectivity index (χ1) is 15.2. The molecular formula is C22H22N4O5. The van der Waals surface area contributed by atoms with Gasteiger partial charge in [0.05, 0.1) is 25.5 Å². The van der Waals surface area contributed by atoms with Crippen molar-refractivity contribution in [2.24, 2.45) is 0 Å². The maximum absolute atomic E-state index is 12.3. The molecule has 2 aromatic heterocycles. The molecular weight excluding hydrogens is 400 g/mol. The van der Waals surface area contributed by atoms with E-state index in [-0.39, 0.29) is 24.9 Å². The number of fused-ring (bicyclic) bond motifs is 1. The fraction of sp³-hybridized carbons (Fsp3) is 0.318. The van der Waals surface area contributed by atoms with Crippen LogP contribution in [0.4, 0.5) is 16.4 Å². The third kappa shape index (κ3) is 4.23. The maximum atomic E-state index is 12.3. The van der Waals surface area contributed by atoms with E-state index in [1.54, 1.807) is 24.6 Å². The molecule has 0 spiro atoms. The highest BCUT2D eigenvalue weighted by Crippen LogP contribution is 2.30. The number of rotatable bonds is 5. The minimum atomic E-state index is -0.535. The first-order valence-electron chi connectivity index (χ1n) is 10.1. The van der Waals surface area contributed by atoms with E-state index in [2.05, 4.69) is 20.6 Å². The Morgan fingerprint density at radius 2 is 1.94 bits per heavy atom. The van der Waals surface area contributed by atoms with Crippen molar-refractivity contribution in [3.63, 3.8) is 0 Å². The summed E-state index contributed by atoms with van der Waals surface area (Å²) in [6, 6.07) is 12.8. The lowest BCUT2D eigenvalue weighted by Gasteiger charge is -2.18. The van der Waals surface area contributed by atoms with Crippen molar-refractivity contribution in [1.82, 2.24) is 9.97 Å². The lowest BCUT2D eigenvalue weighted by Crippen LogP contribution is -2.38. The van der Waals surface area contributed by atoms with Gasteiger partial charge in [-0.25, -0.2) is 14.8 Å². The van der Waals surface area contributed by atoms with Gasteiger partial charge in [0.15, 0.2) is 11.9 Å². The van der Waals surface area contributed by atoms with Gasteiger partial charge < -0.3 is 23.9 Å². The van der Waals surface area contributed by atoms with Gasteiger partial charge in [-0.05, 0) is 37.3 Å². The van der Waals surface area contributed by atoms with Gasteiger partial charge in [-0.15, -0.1) is 0 Å². The second-order valence-corrected chi connectivity index (χ2v) is 7.52. The Hall–Kier alpha value is -3.43. The van der Waals surface area contributed by atoms with Crippen LogP contribution < -0.4 is 10.6 Å². The van der Waals surface area contributed by atoms with E-state index in [4.69, 9.17) is 18.6 Å². The van der Waals surface area contributed by atoms with E-state index in [9.17, 15) is 4.79 Å². The van der Waals surface area contributed by atoms with Crippen LogP contribution in [0, 0.1) is 6.92 Å². The number of nitrogens with zero attached hydrogens (tertiary/aromatic N) is 2. The molecule has 0 bridgehead atoms. The molecule has 31 heavy (non-hydrogen) atoms. The molecule has 2 aliphatic heterocycles. The average molecular weight is 422 g/mol. The third-order valence-electron chi connectivity index (χ3n) is 5.31. The Morgan fingerprint density at radius 1 is 1.10 bits per heavy atom. The van der Waals surface area contributed by atoms with Gasteiger partial charge in [-0.1, -0.05) is 17.7 Å². The molecule has 4 atom stereocenters. The van der Waals surface area contributed by atoms with Gasteiger partial charge in [0.2, 0.25) is 5.95 Å². The van der Waals surface area contributed by atoms with Crippen LogP contribution in [-0.4, -0.2) is 53.6 Å². The summed E-state index contributed by atoms with van der Waals surface area (Å²) in [4.78, 5) is 21.0. The number of hydrogen-bond donors (Lipinski definition) is 2. The Kier molecular flexibility index (Phi) is 5.27. The van der Waals surface area contributed by atoms with Crippen LogP contribution in [0.1, 0.15) is 5.56 Å². The van der Waals surface area contributed by atoms with Crippen LogP contribution >= 0.6 is 0 Å². The van der Waals surface area contributed by atoms with E-state index < -0.39 is 12.2 Å². The lowest BCUT2D eigenvalue weighted by molar-refractivity contribution is 0.00917. The van der Waals surface area contributed by atoms with Crippen LogP contribution in [0.15, 0.2) is 59.3 Å². The van der Waals surface area contributed by atoms with Gasteiger partial charge in [-0.2, -0.15) is 0 Å². The number of carbonyl (C=O) groups is 1. The summed E-state index contributed by atoms with van der Waals surface area (Å²) in [6.45, 7) is 2.64. The fourth-order valence-corrected chi connectivity index (χ4v) is 3.77. The van der Waals surface area contributed by atoms with Gasteiger partial charge in [0, 0.05) is 11.9 Å². The van der Waals surface area contributed by atoms with Crippen LogP contribution in [0.25, 0.3) is 11.5 Å². The van der Waals surface area contributed by atoms with Gasteiger partial charge in [-0.3, -0.25) is 5.32 Å². The van der Waals surface area contributed by atoms with Crippen molar-refractivity contribution in [2.45, 2.75) is 31.3 Å². The Balaban J connectivity index is 1.19. The van der Waals surface area contributed by atoms with Crippen LogP contribution in [0.5, 0.6) is 0 Å². The molecule has 0 saturated carbocycles. The molecule has 160 valence electrons. The minimum absolute atomic E-state index is 0.161. The molecule has 1 aromatic carbocycles. The number of amides is 1. The smallest absolute Gasteiger partial charge is 0.412 e. The molecule has 0 radical (unpaired) electrons. The summed E-state index contributed by atoms with van der Waals surface area (Å²) in [5.74, 6) is 1.12. The monoisotopic (exact) mass is 422 g/mol. The number of furan rings is 1. The number of aryl methyl sites for hydroxylation is 1. The predicted molar refractivity (Wildman–Crippen MR) is 112 cm³/mol. The van der Waals surface area contributed by atoms with Crippen LogP contribution in [0.3, 0.4) is 0 Å². The predicted octanol–water partition coefficient (Wildman–Crippen LogP) is 3.24. The zero-order valence-electron chi connectivity index (χ0n) is 16.9.